The molecule has 4 aromatic rings. The van der Waals surface area contributed by atoms with Crippen molar-refractivity contribution in [2.24, 2.45) is 0 Å². The quantitative estimate of drug-likeness (QED) is 0.171. The molecule has 0 aliphatic carbocycles. The summed E-state index contributed by atoms with van der Waals surface area (Å²) >= 11 is 1.23. The highest BCUT2D eigenvalue weighted by Gasteiger charge is 2.48. The fourth-order valence-electron chi connectivity index (χ4n) is 4.50. The van der Waals surface area contributed by atoms with E-state index in [9.17, 15) is 19.8 Å². The normalized spacial score (nSPS) is 16.6. The van der Waals surface area contributed by atoms with Crippen LogP contribution >= 0.6 is 11.3 Å². The summed E-state index contributed by atoms with van der Waals surface area (Å²) in [5.74, 6) is -0.812. The number of benzene rings is 3. The predicted molar refractivity (Wildman–Crippen MR) is 148 cm³/mol. The van der Waals surface area contributed by atoms with Crippen molar-refractivity contribution in [1.82, 2.24) is 4.98 Å². The van der Waals surface area contributed by atoms with Crippen LogP contribution in [0.3, 0.4) is 0 Å². The predicted octanol–water partition coefficient (Wildman–Crippen LogP) is 5.43. The summed E-state index contributed by atoms with van der Waals surface area (Å²) in [7, 11) is 1.49. The lowest BCUT2D eigenvalue weighted by Gasteiger charge is -2.23. The van der Waals surface area contributed by atoms with Gasteiger partial charge in [-0.25, -0.2) is 4.98 Å². The van der Waals surface area contributed by atoms with Crippen LogP contribution in [0, 0.1) is 0 Å². The number of methoxy groups -OCH3 is 1. The third-order valence-electron chi connectivity index (χ3n) is 6.25. The van der Waals surface area contributed by atoms with Gasteiger partial charge in [-0.2, -0.15) is 0 Å². The van der Waals surface area contributed by atoms with E-state index in [1.54, 1.807) is 55.5 Å². The number of hydrogen-bond donors (Lipinski definition) is 2. The molecule has 1 aliphatic heterocycles. The Balaban J connectivity index is 1.72. The Morgan fingerprint density at radius 3 is 2.54 bits per heavy atom. The molecule has 0 spiro atoms. The van der Waals surface area contributed by atoms with Gasteiger partial charge in [0.2, 0.25) is 0 Å². The molecule has 1 unspecified atom stereocenters. The average Bonchev–Trinajstić information content (AvgIpc) is 3.47. The maximum atomic E-state index is 13.6. The first-order valence-corrected chi connectivity index (χ1v) is 13.1. The maximum absolute atomic E-state index is 13.6. The number of aromatic hydroxyl groups is 1. The lowest BCUT2D eigenvalue weighted by atomic mass is 9.95. The number of aliphatic hydroxyl groups excluding tert-OH is 1. The number of ether oxygens (including phenoxy) is 3. The number of phenols is 1. The fraction of sp³-hybridized carbons (Fsp3) is 0.207. The Kier molecular flexibility index (Phi) is 7.12. The van der Waals surface area contributed by atoms with Gasteiger partial charge in [-0.1, -0.05) is 29.5 Å². The number of thiazole rings is 1. The van der Waals surface area contributed by atoms with Crippen molar-refractivity contribution in [1.29, 1.82) is 0 Å². The van der Waals surface area contributed by atoms with Crippen LogP contribution in [0.15, 0.2) is 66.2 Å². The summed E-state index contributed by atoms with van der Waals surface area (Å²) in [6, 6.07) is 15.5. The number of nitrogens with zero attached hydrogens (tertiary/aromatic N) is 2. The van der Waals surface area contributed by atoms with Gasteiger partial charge < -0.3 is 24.4 Å². The van der Waals surface area contributed by atoms with Gasteiger partial charge in [0, 0.05) is 5.56 Å². The van der Waals surface area contributed by atoms with Gasteiger partial charge in [-0.05, 0) is 61.9 Å². The van der Waals surface area contributed by atoms with E-state index in [0.29, 0.717) is 41.4 Å². The Morgan fingerprint density at radius 2 is 1.79 bits per heavy atom. The van der Waals surface area contributed by atoms with E-state index in [2.05, 4.69) is 4.98 Å². The zero-order valence-electron chi connectivity index (χ0n) is 21.5. The largest absolute Gasteiger partial charge is 0.507 e. The molecule has 10 heteroatoms. The lowest BCUT2D eigenvalue weighted by Crippen LogP contribution is -2.29. The Morgan fingerprint density at radius 1 is 1.00 bits per heavy atom. The van der Waals surface area contributed by atoms with Crippen LogP contribution < -0.4 is 19.1 Å². The van der Waals surface area contributed by atoms with Crippen molar-refractivity contribution in [2.45, 2.75) is 19.9 Å². The molecule has 9 nitrogen and oxygen atoms in total. The number of carbonyl (C=O) groups excluding carboxylic acids is 2. The van der Waals surface area contributed by atoms with Crippen LogP contribution in [0.1, 0.15) is 31.0 Å². The van der Waals surface area contributed by atoms with Crippen molar-refractivity contribution in [3.63, 3.8) is 0 Å². The van der Waals surface area contributed by atoms with Crippen LogP contribution in [0.2, 0.25) is 0 Å². The molecule has 2 N–H and O–H groups in total. The molecule has 1 atom stereocenters. The van der Waals surface area contributed by atoms with E-state index in [4.69, 9.17) is 14.2 Å². The Labute approximate surface area is 228 Å². The topological polar surface area (TPSA) is 118 Å². The zero-order valence-corrected chi connectivity index (χ0v) is 22.3. The second kappa shape index (κ2) is 10.7. The van der Waals surface area contributed by atoms with Crippen molar-refractivity contribution in [3.8, 4) is 23.0 Å². The van der Waals surface area contributed by atoms with Crippen molar-refractivity contribution >= 4 is 44.1 Å². The summed E-state index contributed by atoms with van der Waals surface area (Å²) in [6.07, 6.45) is 0. The monoisotopic (exact) mass is 546 g/mol. The summed E-state index contributed by atoms with van der Waals surface area (Å²) in [5.41, 5.74) is 1.28. The van der Waals surface area contributed by atoms with Gasteiger partial charge in [0.15, 0.2) is 16.6 Å². The van der Waals surface area contributed by atoms with Gasteiger partial charge in [0.05, 0.1) is 42.2 Å². The number of ketones is 1. The van der Waals surface area contributed by atoms with Crippen LogP contribution in [0.25, 0.3) is 16.0 Å². The molecule has 0 saturated carbocycles. The van der Waals surface area contributed by atoms with E-state index in [0.717, 1.165) is 4.70 Å². The van der Waals surface area contributed by atoms with E-state index < -0.39 is 17.7 Å². The maximum Gasteiger partial charge on any atom is 0.301 e. The number of phenolic OH excluding ortho intramolecular Hbond substituents is 1. The van der Waals surface area contributed by atoms with Gasteiger partial charge in [0.25, 0.3) is 5.78 Å². The van der Waals surface area contributed by atoms with Crippen LogP contribution in [0.4, 0.5) is 5.13 Å². The van der Waals surface area contributed by atoms with E-state index in [1.807, 2.05) is 13.0 Å². The molecule has 3 aromatic carbocycles. The lowest BCUT2D eigenvalue weighted by molar-refractivity contribution is -0.132. The second-order valence-corrected chi connectivity index (χ2v) is 9.63. The number of carbonyl (C=O) groups is 2. The molecule has 1 aromatic heterocycles. The van der Waals surface area contributed by atoms with Crippen molar-refractivity contribution < 1.29 is 34.0 Å². The van der Waals surface area contributed by atoms with Gasteiger partial charge in [-0.3, -0.25) is 14.5 Å². The minimum absolute atomic E-state index is 0.0891. The molecule has 1 saturated heterocycles. The van der Waals surface area contributed by atoms with E-state index >= 15 is 0 Å². The number of aliphatic hydroxyl groups is 1. The average molecular weight is 547 g/mol. The number of aromatic nitrogens is 1. The highest BCUT2D eigenvalue weighted by molar-refractivity contribution is 7.22. The summed E-state index contributed by atoms with van der Waals surface area (Å²) in [4.78, 5) is 33.0. The third-order valence-corrected chi connectivity index (χ3v) is 7.27. The van der Waals surface area contributed by atoms with Crippen molar-refractivity contribution in [2.75, 3.05) is 25.2 Å². The van der Waals surface area contributed by atoms with E-state index in [1.165, 1.54) is 29.4 Å². The summed E-state index contributed by atoms with van der Waals surface area (Å²) in [6.45, 7) is 4.46. The van der Waals surface area contributed by atoms with Crippen LogP contribution in [-0.4, -0.2) is 47.2 Å². The first-order valence-electron chi connectivity index (χ1n) is 12.3. The molecule has 1 amide bonds. The molecule has 1 aliphatic rings. The number of fused-ring (bicyclic) bond motifs is 1. The molecule has 0 bridgehead atoms. The number of amides is 1. The SMILES string of the molecule is CCOc1ccc2nc(N3C(=O)C(=O)/C(=C(/O)c4cccc(OC)c4)C3c3ccc(O)c(OCC)c3)sc2c1. The molecular formula is C29H26N2O7S. The Bertz CT molecular complexity index is 1610. The summed E-state index contributed by atoms with van der Waals surface area (Å²) < 4.78 is 17.2. The highest BCUT2D eigenvalue weighted by atomic mass is 32.1. The highest BCUT2D eigenvalue weighted by Crippen LogP contribution is 2.46. The Hall–Kier alpha value is -4.57. The van der Waals surface area contributed by atoms with Gasteiger partial charge in [0.1, 0.15) is 17.3 Å². The van der Waals surface area contributed by atoms with Crippen LogP contribution in [-0.2, 0) is 9.59 Å². The molecule has 200 valence electrons. The minimum Gasteiger partial charge on any atom is -0.507 e. The number of rotatable bonds is 8. The second-order valence-electron chi connectivity index (χ2n) is 8.62. The first-order chi connectivity index (χ1) is 18.9. The molecule has 2 heterocycles. The molecule has 5 rings (SSSR count). The van der Waals surface area contributed by atoms with Gasteiger partial charge >= 0.3 is 5.91 Å². The molecular weight excluding hydrogens is 520 g/mol. The standard InChI is InChI=1S/C29H26N2O7S/c1-4-37-19-10-11-20-23(15-19)39-29(30-20)31-25(16-9-12-21(32)22(14-16)38-5-2)24(27(34)28(31)35)26(33)17-7-6-8-18(13-17)36-3/h6-15,25,32-33H,4-5H2,1-3H3/b26-24+. The van der Waals surface area contributed by atoms with E-state index in [-0.39, 0.29) is 28.0 Å². The number of hydrogen-bond acceptors (Lipinski definition) is 9. The molecule has 1 fully saturated rings. The first kappa shape index (κ1) is 26.1. The summed E-state index contributed by atoms with van der Waals surface area (Å²) in [5, 5.41) is 22.0. The minimum atomic E-state index is -1.04. The third kappa shape index (κ3) is 4.74. The molecule has 0 radical (unpaired) electrons. The zero-order chi connectivity index (χ0) is 27.7. The molecule has 39 heavy (non-hydrogen) atoms. The fourth-order valence-corrected chi connectivity index (χ4v) is 5.52. The van der Waals surface area contributed by atoms with Crippen molar-refractivity contribution in [3.05, 3.63) is 77.4 Å². The smallest absolute Gasteiger partial charge is 0.301 e. The van der Waals surface area contributed by atoms with Gasteiger partial charge in [-0.15, -0.1) is 0 Å². The number of anilines is 1. The van der Waals surface area contributed by atoms with Crippen LogP contribution in [0.5, 0.6) is 23.0 Å². The number of Topliss-reactive ketones (excluding diaryl/α,β-unsaturated/α-hetero) is 1.